The van der Waals surface area contributed by atoms with E-state index in [1.54, 1.807) is 0 Å². The second kappa shape index (κ2) is 3.27. The van der Waals surface area contributed by atoms with Crippen LogP contribution in [-0.2, 0) is 0 Å². The predicted octanol–water partition coefficient (Wildman–Crippen LogP) is 2.91. The van der Waals surface area contributed by atoms with Crippen LogP contribution >= 0.6 is 0 Å². The van der Waals surface area contributed by atoms with Crippen LogP contribution < -0.4 is 0 Å². The molecule has 1 saturated carbocycles. The molecule has 0 unspecified atom stereocenters. The summed E-state index contributed by atoms with van der Waals surface area (Å²) >= 11 is 0. The van der Waals surface area contributed by atoms with E-state index >= 15 is 0 Å². The fourth-order valence-electron chi connectivity index (χ4n) is 3.01. The van der Waals surface area contributed by atoms with Crippen molar-refractivity contribution in [2.75, 3.05) is 13.1 Å². The Morgan fingerprint density at radius 2 is 1.54 bits per heavy atom. The summed E-state index contributed by atoms with van der Waals surface area (Å²) in [6.07, 6.45) is 5.67. The van der Waals surface area contributed by atoms with E-state index in [9.17, 15) is 0 Å². The zero-order valence-electron chi connectivity index (χ0n) is 9.34. The molecule has 3 rings (SSSR count). The van der Waals surface area contributed by atoms with Gasteiger partial charge in [0, 0.05) is 18.6 Å². The minimum atomic E-state index is 0.497. The Morgan fingerprint density at radius 3 is 1.92 bits per heavy atom. The van der Waals surface area contributed by atoms with Gasteiger partial charge in [-0.3, -0.25) is 4.90 Å². The summed E-state index contributed by atoms with van der Waals surface area (Å²) in [4.78, 5) is 2.76. The van der Waals surface area contributed by atoms with Gasteiger partial charge in [0.05, 0.1) is 0 Å². The van der Waals surface area contributed by atoms with Gasteiger partial charge in [0.1, 0.15) is 0 Å². The predicted molar refractivity (Wildman–Crippen MR) is 56.8 cm³/mol. The lowest BCUT2D eigenvalue weighted by Crippen LogP contribution is -2.57. The fraction of sp³-hybridized carbons (Fsp3) is 1.00. The Balaban J connectivity index is 1.99. The lowest BCUT2D eigenvalue weighted by Gasteiger charge is -2.53. The quantitative estimate of drug-likeness (QED) is 0.647. The molecule has 3 fully saturated rings. The smallest absolute Gasteiger partial charge is 0.0176 e. The Bertz CT molecular complexity index is 168. The zero-order valence-corrected chi connectivity index (χ0v) is 9.34. The molecule has 0 atom stereocenters. The number of fused-ring (bicyclic) bond motifs is 2. The summed E-state index contributed by atoms with van der Waals surface area (Å²) in [5, 5.41) is 0. The molecule has 2 heterocycles. The zero-order chi connectivity index (χ0) is 9.47. The van der Waals surface area contributed by atoms with Gasteiger partial charge in [-0.05, 0) is 44.4 Å². The van der Waals surface area contributed by atoms with E-state index in [2.05, 4.69) is 25.7 Å². The summed E-state index contributed by atoms with van der Waals surface area (Å²) in [5.74, 6) is 2.10. The van der Waals surface area contributed by atoms with Crippen LogP contribution in [0.5, 0.6) is 0 Å². The largest absolute Gasteiger partial charge is 0.297 e. The van der Waals surface area contributed by atoms with Crippen molar-refractivity contribution in [3.8, 4) is 0 Å². The average Bonchev–Trinajstić information content (AvgIpc) is 2.16. The van der Waals surface area contributed by atoms with Crippen LogP contribution in [0, 0.1) is 11.8 Å². The molecule has 0 aromatic carbocycles. The number of nitrogens with zero attached hydrogens (tertiary/aromatic N) is 1. The molecule has 2 saturated heterocycles. The topological polar surface area (TPSA) is 3.24 Å². The first kappa shape index (κ1) is 9.51. The third-order valence-corrected chi connectivity index (χ3v) is 4.58. The van der Waals surface area contributed by atoms with Crippen LogP contribution in [0.15, 0.2) is 0 Å². The molecule has 0 radical (unpaired) electrons. The van der Waals surface area contributed by atoms with Crippen molar-refractivity contribution < 1.29 is 0 Å². The lowest BCUT2D eigenvalue weighted by atomic mass is 9.69. The monoisotopic (exact) mass is 181 g/mol. The Labute approximate surface area is 82.5 Å². The van der Waals surface area contributed by atoms with Crippen molar-refractivity contribution in [3.05, 3.63) is 0 Å². The fourth-order valence-corrected chi connectivity index (χ4v) is 3.01. The highest BCUT2D eigenvalue weighted by atomic mass is 15.2. The standard InChI is InChI=1S/C12H23N/c1-4-12(3,5-2)13-8-10-6-11(7-10)9-13/h10-11H,4-9H2,1-3H3. The van der Waals surface area contributed by atoms with Crippen molar-refractivity contribution in [1.82, 2.24) is 4.90 Å². The highest BCUT2D eigenvalue weighted by Gasteiger charge is 2.42. The Morgan fingerprint density at radius 1 is 1.08 bits per heavy atom. The minimum Gasteiger partial charge on any atom is -0.297 e. The molecule has 0 spiro atoms. The van der Waals surface area contributed by atoms with Gasteiger partial charge in [-0.1, -0.05) is 13.8 Å². The van der Waals surface area contributed by atoms with Gasteiger partial charge in [-0.2, -0.15) is 0 Å². The molecule has 1 aliphatic carbocycles. The highest BCUT2D eigenvalue weighted by Crippen LogP contribution is 2.42. The van der Waals surface area contributed by atoms with E-state index < -0.39 is 0 Å². The number of piperidine rings is 2. The molecule has 0 aromatic heterocycles. The number of hydrogen-bond acceptors (Lipinski definition) is 1. The number of rotatable bonds is 3. The maximum atomic E-state index is 2.76. The summed E-state index contributed by atoms with van der Waals surface area (Å²) in [6, 6.07) is 0. The van der Waals surface area contributed by atoms with E-state index in [1.807, 2.05) is 0 Å². The SMILES string of the molecule is CCC(C)(CC)N1CC2CC(C2)C1. The first-order chi connectivity index (χ1) is 6.18. The maximum Gasteiger partial charge on any atom is 0.0176 e. The van der Waals surface area contributed by atoms with Crippen molar-refractivity contribution in [2.45, 2.75) is 52.0 Å². The molecule has 1 heteroatoms. The van der Waals surface area contributed by atoms with Gasteiger partial charge in [0.2, 0.25) is 0 Å². The second-order valence-electron chi connectivity index (χ2n) is 5.31. The third-order valence-electron chi connectivity index (χ3n) is 4.58. The first-order valence-electron chi connectivity index (χ1n) is 5.93. The van der Waals surface area contributed by atoms with Crippen LogP contribution in [0.4, 0.5) is 0 Å². The van der Waals surface area contributed by atoms with E-state index in [4.69, 9.17) is 0 Å². The van der Waals surface area contributed by atoms with Crippen LogP contribution in [-0.4, -0.2) is 23.5 Å². The maximum absolute atomic E-state index is 2.76. The molecule has 0 N–H and O–H groups in total. The minimum absolute atomic E-state index is 0.497. The van der Waals surface area contributed by atoms with Gasteiger partial charge in [0.15, 0.2) is 0 Å². The van der Waals surface area contributed by atoms with E-state index in [1.165, 1.54) is 38.8 Å². The van der Waals surface area contributed by atoms with Crippen molar-refractivity contribution >= 4 is 0 Å². The molecule has 1 nitrogen and oxygen atoms in total. The molecule has 3 aliphatic rings. The van der Waals surface area contributed by atoms with Gasteiger partial charge < -0.3 is 0 Å². The van der Waals surface area contributed by atoms with Crippen LogP contribution in [0.2, 0.25) is 0 Å². The second-order valence-corrected chi connectivity index (χ2v) is 5.31. The normalized spacial score (nSPS) is 34.4. The molecular weight excluding hydrogens is 158 g/mol. The molecular formula is C12H23N. The Hall–Kier alpha value is -0.0400. The molecule has 13 heavy (non-hydrogen) atoms. The molecule has 0 aromatic rings. The number of hydrogen-bond donors (Lipinski definition) is 0. The molecule has 2 aliphatic heterocycles. The van der Waals surface area contributed by atoms with E-state index in [-0.39, 0.29) is 0 Å². The summed E-state index contributed by atoms with van der Waals surface area (Å²) < 4.78 is 0. The van der Waals surface area contributed by atoms with Gasteiger partial charge in [-0.25, -0.2) is 0 Å². The summed E-state index contributed by atoms with van der Waals surface area (Å²) in [7, 11) is 0. The molecule has 0 amide bonds. The van der Waals surface area contributed by atoms with Crippen molar-refractivity contribution in [3.63, 3.8) is 0 Å². The van der Waals surface area contributed by atoms with E-state index in [0.717, 1.165) is 11.8 Å². The average molecular weight is 181 g/mol. The van der Waals surface area contributed by atoms with Crippen LogP contribution in [0.25, 0.3) is 0 Å². The first-order valence-corrected chi connectivity index (χ1v) is 5.93. The summed E-state index contributed by atoms with van der Waals surface area (Å²) in [6.45, 7) is 9.88. The lowest BCUT2D eigenvalue weighted by molar-refractivity contribution is -0.0388. The molecule has 76 valence electrons. The van der Waals surface area contributed by atoms with Crippen molar-refractivity contribution in [2.24, 2.45) is 11.8 Å². The van der Waals surface area contributed by atoms with E-state index in [0.29, 0.717) is 5.54 Å². The van der Waals surface area contributed by atoms with Crippen LogP contribution in [0.1, 0.15) is 46.5 Å². The third kappa shape index (κ3) is 1.52. The molecule has 2 bridgehead atoms. The Kier molecular flexibility index (Phi) is 2.39. The van der Waals surface area contributed by atoms with Gasteiger partial charge >= 0.3 is 0 Å². The van der Waals surface area contributed by atoms with Gasteiger partial charge in [0.25, 0.3) is 0 Å². The van der Waals surface area contributed by atoms with Crippen LogP contribution in [0.3, 0.4) is 0 Å². The van der Waals surface area contributed by atoms with Crippen molar-refractivity contribution in [1.29, 1.82) is 0 Å². The van der Waals surface area contributed by atoms with Gasteiger partial charge in [-0.15, -0.1) is 0 Å². The summed E-state index contributed by atoms with van der Waals surface area (Å²) in [5.41, 5.74) is 0.497. The highest BCUT2D eigenvalue weighted by molar-refractivity contribution is 4.96.